The molecule has 0 spiro atoms. The highest BCUT2D eigenvalue weighted by Gasteiger charge is 2.94. The molecule has 2 aromatic carbocycles. The second-order valence-corrected chi connectivity index (χ2v) is 8.87. The zero-order valence-corrected chi connectivity index (χ0v) is 17.4. The molecule has 2 unspecified atom stereocenters. The third-order valence-electron chi connectivity index (χ3n) is 6.50. The van der Waals surface area contributed by atoms with Crippen LogP contribution in [0.15, 0.2) is 65.2 Å². The number of benzene rings is 2. The molecule has 2 aromatic rings. The number of carbonyl (C=O) groups is 1. The highest BCUT2D eigenvalue weighted by molar-refractivity contribution is 6.55. The van der Waals surface area contributed by atoms with E-state index in [-0.39, 0.29) is 33.1 Å². The summed E-state index contributed by atoms with van der Waals surface area (Å²) >= 11 is 11.5. The first-order chi connectivity index (χ1) is 13.8. The van der Waals surface area contributed by atoms with E-state index in [2.05, 4.69) is 6.07 Å². The van der Waals surface area contributed by atoms with Gasteiger partial charge in [-0.1, -0.05) is 67.4 Å². The van der Waals surface area contributed by atoms with Crippen molar-refractivity contribution in [3.63, 3.8) is 0 Å². The van der Waals surface area contributed by atoms with Crippen molar-refractivity contribution in [1.82, 2.24) is 0 Å². The number of fused-ring (bicyclic) bond motifs is 1. The second-order valence-electron chi connectivity index (χ2n) is 7.87. The van der Waals surface area contributed by atoms with Gasteiger partial charge in [-0.25, -0.2) is 0 Å². The van der Waals surface area contributed by atoms with E-state index in [4.69, 9.17) is 32.7 Å². The Labute approximate surface area is 179 Å². The summed E-state index contributed by atoms with van der Waals surface area (Å²) < 4.78 is 11.6. The summed E-state index contributed by atoms with van der Waals surface area (Å²) in [5.74, 6) is 0.779. The summed E-state index contributed by atoms with van der Waals surface area (Å²) in [6.07, 6.45) is 0.777. The summed E-state index contributed by atoms with van der Waals surface area (Å²) in [7, 11) is 0. The SMILES string of the molecule is CC12[C@H](C=C(Cl)Cl)C1(C)[C@@H]2C(=O)O[C@H](C#N)c1cccc(Oc2ccccc2)c1. The van der Waals surface area contributed by atoms with Crippen molar-refractivity contribution in [2.24, 2.45) is 22.7 Å². The maximum atomic E-state index is 12.7. The van der Waals surface area contributed by atoms with E-state index < -0.39 is 6.10 Å². The Hall–Kier alpha value is -2.48. The minimum Gasteiger partial charge on any atom is -0.457 e. The number of esters is 1. The Morgan fingerprint density at radius 1 is 1.10 bits per heavy atom. The van der Waals surface area contributed by atoms with Gasteiger partial charge < -0.3 is 9.47 Å². The molecule has 0 aliphatic heterocycles. The van der Waals surface area contributed by atoms with Crippen LogP contribution in [-0.4, -0.2) is 5.97 Å². The van der Waals surface area contributed by atoms with Gasteiger partial charge in [0.25, 0.3) is 0 Å². The molecule has 0 saturated heterocycles. The molecule has 0 amide bonds. The minimum atomic E-state index is -1.00. The molecule has 2 aliphatic rings. The second kappa shape index (κ2) is 7.09. The molecule has 4 nitrogen and oxygen atoms in total. The van der Waals surface area contributed by atoms with Crippen molar-refractivity contribution in [2.75, 3.05) is 0 Å². The number of halogens is 2. The quantitative estimate of drug-likeness (QED) is 0.516. The predicted octanol–water partition coefficient (Wildman–Crippen LogP) is 6.18. The number of ether oxygens (including phenoxy) is 2. The van der Waals surface area contributed by atoms with Crippen LogP contribution in [-0.2, 0) is 9.53 Å². The largest absolute Gasteiger partial charge is 0.457 e. The lowest BCUT2D eigenvalue weighted by molar-refractivity contribution is -0.151. The maximum absolute atomic E-state index is 12.7. The number of nitriles is 1. The summed E-state index contributed by atoms with van der Waals surface area (Å²) in [6.45, 7) is 4.04. The standard InChI is InChI=1S/C23H19Cl2NO3/c1-22-18(12-19(24)25)23(22,2)20(22)21(27)29-17(13-26)14-7-6-10-16(11-14)28-15-8-4-3-5-9-15/h3-12,17-18,20H,1-2H3/t17-,18-,20+,22?,23?/m1/s1. The van der Waals surface area contributed by atoms with Crippen molar-refractivity contribution in [1.29, 1.82) is 5.26 Å². The van der Waals surface area contributed by atoms with Gasteiger partial charge in [-0.3, -0.25) is 4.79 Å². The Morgan fingerprint density at radius 3 is 2.38 bits per heavy atom. The molecule has 2 aliphatic carbocycles. The van der Waals surface area contributed by atoms with Crippen LogP contribution in [0.2, 0.25) is 0 Å². The molecule has 0 aromatic heterocycles. The van der Waals surface area contributed by atoms with Gasteiger partial charge in [0, 0.05) is 5.56 Å². The smallest absolute Gasteiger partial charge is 0.311 e. The molecule has 2 saturated carbocycles. The zero-order chi connectivity index (χ0) is 20.8. The Morgan fingerprint density at radius 2 is 1.76 bits per heavy atom. The van der Waals surface area contributed by atoms with Gasteiger partial charge in [0.15, 0.2) is 0 Å². The van der Waals surface area contributed by atoms with E-state index in [1.807, 2.05) is 44.2 Å². The van der Waals surface area contributed by atoms with Gasteiger partial charge in [-0.2, -0.15) is 5.26 Å². The van der Waals surface area contributed by atoms with Crippen molar-refractivity contribution in [3.05, 3.63) is 70.7 Å². The van der Waals surface area contributed by atoms with Crippen LogP contribution in [0.4, 0.5) is 0 Å². The first kappa shape index (κ1) is 19.8. The zero-order valence-electron chi connectivity index (χ0n) is 15.9. The number of para-hydroxylation sites is 1. The van der Waals surface area contributed by atoms with Gasteiger partial charge in [0.05, 0.1) is 5.92 Å². The predicted molar refractivity (Wildman–Crippen MR) is 110 cm³/mol. The number of carbonyl (C=O) groups excluding carboxylic acids is 1. The Bertz CT molecular complexity index is 1010. The molecule has 29 heavy (non-hydrogen) atoms. The fourth-order valence-electron chi connectivity index (χ4n) is 4.70. The van der Waals surface area contributed by atoms with Crippen LogP contribution in [0.25, 0.3) is 0 Å². The summed E-state index contributed by atoms with van der Waals surface area (Å²) in [6, 6.07) is 18.4. The summed E-state index contributed by atoms with van der Waals surface area (Å²) in [5, 5.41) is 9.58. The molecule has 0 radical (unpaired) electrons. The number of nitrogens with zero attached hydrogens (tertiary/aromatic N) is 1. The van der Waals surface area contributed by atoms with Crippen LogP contribution >= 0.6 is 23.2 Å². The third-order valence-corrected chi connectivity index (χ3v) is 6.76. The average molecular weight is 428 g/mol. The van der Waals surface area contributed by atoms with E-state index in [0.717, 1.165) is 0 Å². The van der Waals surface area contributed by atoms with Crippen LogP contribution in [0.3, 0.4) is 0 Å². The lowest BCUT2D eigenvalue weighted by Crippen LogP contribution is -2.23. The summed E-state index contributed by atoms with van der Waals surface area (Å²) in [5.41, 5.74) is 0.147. The van der Waals surface area contributed by atoms with E-state index in [1.165, 1.54) is 0 Å². The topological polar surface area (TPSA) is 59.3 Å². The van der Waals surface area contributed by atoms with Gasteiger partial charge in [-0.15, -0.1) is 0 Å². The number of allylic oxidation sites excluding steroid dienone is 1. The van der Waals surface area contributed by atoms with Crippen molar-refractivity contribution >= 4 is 29.2 Å². The van der Waals surface area contributed by atoms with Crippen LogP contribution in [0.1, 0.15) is 25.5 Å². The van der Waals surface area contributed by atoms with Crippen molar-refractivity contribution in [3.8, 4) is 17.6 Å². The van der Waals surface area contributed by atoms with Gasteiger partial charge in [0.1, 0.15) is 22.1 Å². The van der Waals surface area contributed by atoms with Crippen LogP contribution in [0, 0.1) is 34.0 Å². The lowest BCUT2D eigenvalue weighted by Gasteiger charge is -2.18. The number of hydrogen-bond acceptors (Lipinski definition) is 4. The highest BCUT2D eigenvalue weighted by Crippen LogP contribution is 2.94. The van der Waals surface area contributed by atoms with E-state index >= 15 is 0 Å². The molecule has 6 heteroatoms. The molecule has 4 rings (SSSR count). The first-order valence-corrected chi connectivity index (χ1v) is 10.0. The molecule has 0 bridgehead atoms. The molecule has 3 atom stereocenters. The van der Waals surface area contributed by atoms with Crippen molar-refractivity contribution in [2.45, 2.75) is 20.0 Å². The van der Waals surface area contributed by atoms with Gasteiger partial charge in [0.2, 0.25) is 6.10 Å². The van der Waals surface area contributed by atoms with E-state index in [0.29, 0.717) is 17.1 Å². The normalized spacial score (nSPS) is 29.6. The van der Waals surface area contributed by atoms with Crippen LogP contribution in [0.5, 0.6) is 11.5 Å². The van der Waals surface area contributed by atoms with Crippen LogP contribution < -0.4 is 4.74 Å². The summed E-state index contributed by atoms with van der Waals surface area (Å²) in [4.78, 5) is 12.7. The maximum Gasteiger partial charge on any atom is 0.311 e. The molecule has 2 fully saturated rings. The molecular weight excluding hydrogens is 409 g/mol. The molecule has 0 heterocycles. The average Bonchev–Trinajstić information content (AvgIpc) is 3.41. The number of rotatable bonds is 6. The van der Waals surface area contributed by atoms with Gasteiger partial charge in [-0.05, 0) is 47.1 Å². The minimum absolute atomic E-state index is 0.153. The van der Waals surface area contributed by atoms with E-state index in [9.17, 15) is 10.1 Å². The van der Waals surface area contributed by atoms with Crippen molar-refractivity contribution < 1.29 is 14.3 Å². The fraction of sp³-hybridized carbons (Fsp3) is 0.304. The van der Waals surface area contributed by atoms with Gasteiger partial charge >= 0.3 is 5.97 Å². The first-order valence-electron chi connectivity index (χ1n) is 9.28. The molecular formula is C23H19Cl2NO3. The third kappa shape index (κ3) is 3.19. The Kier molecular flexibility index (Phi) is 4.85. The molecule has 148 valence electrons. The fourth-order valence-corrected chi connectivity index (χ4v) is 4.95. The lowest BCUT2D eigenvalue weighted by atomic mass is 9.93. The van der Waals surface area contributed by atoms with E-state index in [1.54, 1.807) is 30.3 Å². The highest BCUT2D eigenvalue weighted by atomic mass is 35.5. The number of hydrogen-bond donors (Lipinski definition) is 0. The Balaban J connectivity index is 1.44. The molecule has 0 N–H and O–H groups in total. The monoisotopic (exact) mass is 427 g/mol.